The van der Waals surface area contributed by atoms with Gasteiger partial charge in [-0.05, 0) is 36.8 Å². The standard InChI is InChI=1S/C15H16N2O/c1-11-2-4-12(5-3-11)10-18-14-8-6-13(7-9-14)15(16)17/h2-9H,10H2,1H3,(H3,16,17). The SMILES string of the molecule is Cc1ccc(COc2ccc(C(=N)N)cc2)cc1. The lowest BCUT2D eigenvalue weighted by molar-refractivity contribution is 0.306. The Bertz CT molecular complexity index is 529. The first-order valence-electron chi connectivity index (χ1n) is 5.78. The van der Waals surface area contributed by atoms with E-state index in [1.165, 1.54) is 5.56 Å². The van der Waals surface area contributed by atoms with Crippen LogP contribution in [0.1, 0.15) is 16.7 Å². The third-order valence-corrected chi connectivity index (χ3v) is 2.69. The summed E-state index contributed by atoms with van der Waals surface area (Å²) in [7, 11) is 0. The number of nitrogen functional groups attached to an aromatic ring is 1. The number of nitrogens with one attached hydrogen (secondary N) is 1. The predicted molar refractivity (Wildman–Crippen MR) is 73.0 cm³/mol. The van der Waals surface area contributed by atoms with Gasteiger partial charge in [0.2, 0.25) is 0 Å². The highest BCUT2D eigenvalue weighted by molar-refractivity contribution is 5.94. The van der Waals surface area contributed by atoms with Crippen molar-refractivity contribution in [2.75, 3.05) is 0 Å². The summed E-state index contributed by atoms with van der Waals surface area (Å²) in [5.74, 6) is 0.848. The fourth-order valence-electron chi connectivity index (χ4n) is 1.58. The van der Waals surface area contributed by atoms with Crippen molar-refractivity contribution in [1.82, 2.24) is 0 Å². The first kappa shape index (κ1) is 12.2. The Balaban J connectivity index is 1.97. The molecule has 3 nitrogen and oxygen atoms in total. The van der Waals surface area contributed by atoms with Crippen molar-refractivity contribution in [3.05, 3.63) is 65.2 Å². The molecule has 0 aliphatic carbocycles. The Morgan fingerprint density at radius 1 is 1.06 bits per heavy atom. The molecule has 0 radical (unpaired) electrons. The minimum atomic E-state index is 0.0695. The molecule has 92 valence electrons. The number of aryl methyl sites for hydroxylation is 1. The average Bonchev–Trinajstić information content (AvgIpc) is 2.38. The first-order chi connectivity index (χ1) is 8.65. The summed E-state index contributed by atoms with van der Waals surface area (Å²) in [5.41, 5.74) is 8.47. The first-order valence-corrected chi connectivity index (χ1v) is 5.78. The molecule has 0 atom stereocenters. The van der Waals surface area contributed by atoms with Crippen LogP contribution in [0, 0.1) is 12.3 Å². The Hall–Kier alpha value is -2.29. The number of amidine groups is 1. The number of hydrogen-bond donors (Lipinski definition) is 2. The molecule has 0 aliphatic heterocycles. The van der Waals surface area contributed by atoms with E-state index in [0.29, 0.717) is 12.2 Å². The maximum atomic E-state index is 7.30. The van der Waals surface area contributed by atoms with Crippen LogP contribution in [0.5, 0.6) is 5.75 Å². The monoisotopic (exact) mass is 240 g/mol. The van der Waals surface area contributed by atoms with E-state index in [1.807, 2.05) is 12.1 Å². The zero-order chi connectivity index (χ0) is 13.0. The molecule has 0 fully saturated rings. The topological polar surface area (TPSA) is 59.1 Å². The van der Waals surface area contributed by atoms with Gasteiger partial charge in [0.05, 0.1) is 0 Å². The second kappa shape index (κ2) is 5.36. The van der Waals surface area contributed by atoms with Crippen molar-refractivity contribution in [2.45, 2.75) is 13.5 Å². The van der Waals surface area contributed by atoms with Crippen molar-refractivity contribution >= 4 is 5.84 Å². The fourth-order valence-corrected chi connectivity index (χ4v) is 1.58. The summed E-state index contributed by atoms with van der Waals surface area (Å²) in [6.07, 6.45) is 0. The summed E-state index contributed by atoms with van der Waals surface area (Å²) in [6.45, 7) is 2.60. The van der Waals surface area contributed by atoms with Crippen molar-refractivity contribution in [2.24, 2.45) is 5.73 Å². The van der Waals surface area contributed by atoms with Gasteiger partial charge in [-0.3, -0.25) is 5.41 Å². The van der Waals surface area contributed by atoms with Crippen LogP contribution in [0.4, 0.5) is 0 Å². The van der Waals surface area contributed by atoms with E-state index >= 15 is 0 Å². The molecule has 2 aromatic rings. The molecular formula is C15H16N2O. The molecule has 3 heteroatoms. The largest absolute Gasteiger partial charge is 0.489 e. The molecule has 0 unspecified atom stereocenters. The Morgan fingerprint density at radius 3 is 2.22 bits per heavy atom. The lowest BCUT2D eigenvalue weighted by Gasteiger charge is -2.07. The van der Waals surface area contributed by atoms with E-state index in [4.69, 9.17) is 15.9 Å². The highest BCUT2D eigenvalue weighted by atomic mass is 16.5. The number of benzene rings is 2. The molecule has 0 aromatic heterocycles. The van der Waals surface area contributed by atoms with Gasteiger partial charge in [0.15, 0.2) is 0 Å². The van der Waals surface area contributed by atoms with Crippen LogP contribution in [0.2, 0.25) is 0 Å². The molecule has 2 aromatic carbocycles. The van der Waals surface area contributed by atoms with Gasteiger partial charge in [-0.2, -0.15) is 0 Å². The van der Waals surface area contributed by atoms with E-state index in [1.54, 1.807) is 12.1 Å². The molecule has 18 heavy (non-hydrogen) atoms. The van der Waals surface area contributed by atoms with Gasteiger partial charge >= 0.3 is 0 Å². The van der Waals surface area contributed by atoms with Gasteiger partial charge in [0.25, 0.3) is 0 Å². The van der Waals surface area contributed by atoms with Gasteiger partial charge in [0, 0.05) is 5.56 Å². The van der Waals surface area contributed by atoms with Gasteiger partial charge in [-0.1, -0.05) is 29.8 Å². The summed E-state index contributed by atoms with van der Waals surface area (Å²) >= 11 is 0. The zero-order valence-electron chi connectivity index (χ0n) is 10.3. The second-order valence-corrected chi connectivity index (χ2v) is 4.21. The van der Waals surface area contributed by atoms with Crippen LogP contribution in [-0.4, -0.2) is 5.84 Å². The molecule has 0 aliphatic rings. The third-order valence-electron chi connectivity index (χ3n) is 2.69. The summed E-state index contributed by atoms with van der Waals surface area (Å²) < 4.78 is 5.66. The minimum absolute atomic E-state index is 0.0695. The average molecular weight is 240 g/mol. The second-order valence-electron chi connectivity index (χ2n) is 4.21. The maximum absolute atomic E-state index is 7.30. The van der Waals surface area contributed by atoms with Crippen molar-refractivity contribution in [3.8, 4) is 5.75 Å². The highest BCUT2D eigenvalue weighted by Crippen LogP contribution is 2.14. The van der Waals surface area contributed by atoms with Crippen molar-refractivity contribution in [1.29, 1.82) is 5.41 Å². The molecule has 0 spiro atoms. The van der Waals surface area contributed by atoms with E-state index < -0.39 is 0 Å². The van der Waals surface area contributed by atoms with Gasteiger partial charge in [0.1, 0.15) is 18.2 Å². The smallest absolute Gasteiger partial charge is 0.122 e. The minimum Gasteiger partial charge on any atom is -0.489 e. The maximum Gasteiger partial charge on any atom is 0.122 e. The molecule has 0 saturated carbocycles. The Morgan fingerprint density at radius 2 is 1.67 bits per heavy atom. The van der Waals surface area contributed by atoms with Crippen LogP contribution in [0.15, 0.2) is 48.5 Å². The predicted octanol–water partition coefficient (Wildman–Crippen LogP) is 2.86. The molecule has 0 saturated heterocycles. The van der Waals surface area contributed by atoms with E-state index in [9.17, 15) is 0 Å². The fraction of sp³-hybridized carbons (Fsp3) is 0.133. The molecule has 2 rings (SSSR count). The highest BCUT2D eigenvalue weighted by Gasteiger charge is 1.98. The molecular weight excluding hydrogens is 224 g/mol. The lowest BCUT2D eigenvalue weighted by Crippen LogP contribution is -2.10. The summed E-state index contributed by atoms with van der Waals surface area (Å²) in [6, 6.07) is 15.5. The molecule has 0 heterocycles. The van der Waals surface area contributed by atoms with Crippen molar-refractivity contribution in [3.63, 3.8) is 0 Å². The molecule has 0 amide bonds. The van der Waals surface area contributed by atoms with E-state index in [0.717, 1.165) is 11.3 Å². The number of nitrogens with two attached hydrogens (primary N) is 1. The third kappa shape index (κ3) is 3.10. The van der Waals surface area contributed by atoms with Gasteiger partial charge in [-0.15, -0.1) is 0 Å². The lowest BCUT2D eigenvalue weighted by atomic mass is 10.2. The normalized spacial score (nSPS) is 10.1. The summed E-state index contributed by atoms with van der Waals surface area (Å²) in [4.78, 5) is 0. The van der Waals surface area contributed by atoms with Crippen LogP contribution >= 0.6 is 0 Å². The van der Waals surface area contributed by atoms with Crippen LogP contribution in [0.25, 0.3) is 0 Å². The van der Waals surface area contributed by atoms with Crippen LogP contribution in [-0.2, 0) is 6.61 Å². The Labute approximate surface area is 107 Å². The molecule has 3 N–H and O–H groups in total. The quantitative estimate of drug-likeness (QED) is 0.637. The van der Waals surface area contributed by atoms with Gasteiger partial charge in [-0.25, -0.2) is 0 Å². The summed E-state index contributed by atoms with van der Waals surface area (Å²) in [5, 5.41) is 7.30. The Kier molecular flexibility index (Phi) is 3.63. The number of ether oxygens (including phenoxy) is 1. The van der Waals surface area contributed by atoms with Crippen LogP contribution in [0.3, 0.4) is 0 Å². The van der Waals surface area contributed by atoms with E-state index in [2.05, 4.69) is 31.2 Å². The number of rotatable bonds is 4. The van der Waals surface area contributed by atoms with Crippen LogP contribution < -0.4 is 10.5 Å². The molecule has 0 bridgehead atoms. The van der Waals surface area contributed by atoms with Crippen molar-refractivity contribution < 1.29 is 4.74 Å². The number of hydrogen-bond acceptors (Lipinski definition) is 2. The van der Waals surface area contributed by atoms with Gasteiger partial charge < -0.3 is 10.5 Å². The van der Waals surface area contributed by atoms with E-state index in [-0.39, 0.29) is 5.84 Å². The zero-order valence-corrected chi connectivity index (χ0v) is 10.3.